The molecule has 2 aromatic carbocycles. The Balaban J connectivity index is 1.95. The number of hydrogen-bond donors (Lipinski definition) is 8. The van der Waals surface area contributed by atoms with E-state index in [9.17, 15) is 50.4 Å². The Bertz CT molecular complexity index is 1400. The second-order valence-corrected chi connectivity index (χ2v) is 7.80. The molecule has 0 radical (unpaired) electrons. The van der Waals surface area contributed by atoms with E-state index in [-0.39, 0.29) is 17.1 Å². The fraction of sp³-hybridized carbons (Fsp3) is 0.273. The first-order chi connectivity index (χ1) is 17.0. The summed E-state index contributed by atoms with van der Waals surface area (Å²) in [4.78, 5) is 24.8. The average molecular weight is 508 g/mol. The van der Waals surface area contributed by atoms with Gasteiger partial charge >= 0.3 is 5.97 Å². The Labute approximate surface area is 200 Å². The van der Waals surface area contributed by atoms with Crippen molar-refractivity contribution in [3.63, 3.8) is 0 Å². The van der Waals surface area contributed by atoms with Crippen LogP contribution in [0.1, 0.15) is 0 Å². The number of fused-ring (bicyclic) bond motifs is 1. The highest BCUT2D eigenvalue weighted by molar-refractivity contribution is 5.91. The molecule has 4 rings (SSSR count). The van der Waals surface area contributed by atoms with Crippen LogP contribution in [0.15, 0.2) is 33.5 Å². The molecule has 1 aliphatic heterocycles. The van der Waals surface area contributed by atoms with Gasteiger partial charge in [-0.05, 0) is 18.2 Å². The van der Waals surface area contributed by atoms with Gasteiger partial charge in [-0.1, -0.05) is 0 Å². The predicted octanol–water partition coefficient (Wildman–Crippen LogP) is -0.438. The Morgan fingerprint density at radius 2 is 1.64 bits per heavy atom. The Kier molecular flexibility index (Phi) is 6.28. The molecule has 1 aliphatic rings. The SMILES string of the molecule is COc1cc(-c2oc3cc(O)c(O)c(O)c3c(=O)c2OC2OC(C(=O)O)C(O)C(O)C2O)ccc1O. The number of hydrogen-bond acceptors (Lipinski definition) is 13. The van der Waals surface area contributed by atoms with Crippen LogP contribution in [0.3, 0.4) is 0 Å². The van der Waals surface area contributed by atoms with Crippen LogP contribution in [0.5, 0.6) is 34.5 Å². The molecule has 0 spiro atoms. The second kappa shape index (κ2) is 9.09. The molecule has 5 atom stereocenters. The third-order valence-electron chi connectivity index (χ3n) is 5.56. The normalized spacial score (nSPS) is 23.9. The molecular weight excluding hydrogens is 488 g/mol. The number of methoxy groups -OCH3 is 1. The molecule has 1 aromatic heterocycles. The summed E-state index contributed by atoms with van der Waals surface area (Å²) in [5.74, 6) is -6.17. The van der Waals surface area contributed by atoms with Crippen LogP contribution in [0.4, 0.5) is 0 Å². The molecule has 1 saturated heterocycles. The molecule has 1 fully saturated rings. The fourth-order valence-electron chi connectivity index (χ4n) is 3.68. The van der Waals surface area contributed by atoms with Crippen molar-refractivity contribution in [2.75, 3.05) is 7.11 Å². The van der Waals surface area contributed by atoms with Crippen molar-refractivity contribution >= 4 is 16.9 Å². The predicted molar refractivity (Wildman–Crippen MR) is 116 cm³/mol. The van der Waals surface area contributed by atoms with Crippen LogP contribution in [-0.2, 0) is 9.53 Å². The van der Waals surface area contributed by atoms with E-state index in [1.54, 1.807) is 0 Å². The molecule has 8 N–H and O–H groups in total. The van der Waals surface area contributed by atoms with Crippen molar-refractivity contribution < 1.29 is 64.3 Å². The van der Waals surface area contributed by atoms with Crippen LogP contribution in [0.2, 0.25) is 0 Å². The standard InChI is InChI=1S/C22H20O14/c1-33-9-4-6(2-3-7(9)23)18-19(14(27)11-10(34-18)5-8(24)12(25)13(11)26)35-22-17(30)15(28)16(29)20(36-22)21(31)32/h2-5,15-17,20,22-26,28-30H,1H3,(H,31,32). The summed E-state index contributed by atoms with van der Waals surface area (Å²) >= 11 is 0. The number of carboxylic acids is 1. The number of aliphatic hydroxyl groups excluding tert-OH is 3. The number of aliphatic hydroxyl groups is 3. The van der Waals surface area contributed by atoms with E-state index in [0.717, 1.165) is 6.07 Å². The van der Waals surface area contributed by atoms with Crippen molar-refractivity contribution in [2.24, 2.45) is 0 Å². The Morgan fingerprint density at radius 3 is 2.28 bits per heavy atom. The molecule has 2 heterocycles. The van der Waals surface area contributed by atoms with E-state index in [1.165, 1.54) is 25.3 Å². The first kappa shape index (κ1) is 24.9. The van der Waals surface area contributed by atoms with Gasteiger partial charge in [0.1, 0.15) is 29.3 Å². The molecule has 0 amide bonds. The van der Waals surface area contributed by atoms with Gasteiger partial charge in [-0.2, -0.15) is 0 Å². The minimum atomic E-state index is -2.05. The van der Waals surface area contributed by atoms with Gasteiger partial charge in [0.25, 0.3) is 0 Å². The first-order valence-electron chi connectivity index (χ1n) is 10.2. The van der Waals surface area contributed by atoms with Gasteiger partial charge in [0.15, 0.2) is 34.9 Å². The lowest BCUT2D eigenvalue weighted by Gasteiger charge is -2.38. The van der Waals surface area contributed by atoms with Crippen LogP contribution in [0, 0.1) is 0 Å². The first-order valence-corrected chi connectivity index (χ1v) is 10.2. The summed E-state index contributed by atoms with van der Waals surface area (Å²) < 4.78 is 21.2. The van der Waals surface area contributed by atoms with E-state index in [0.29, 0.717) is 0 Å². The molecule has 0 aliphatic carbocycles. The van der Waals surface area contributed by atoms with Gasteiger partial charge in [-0.3, -0.25) is 4.79 Å². The maximum absolute atomic E-state index is 13.4. The minimum Gasteiger partial charge on any atom is -0.504 e. The van der Waals surface area contributed by atoms with E-state index < -0.39 is 81.8 Å². The van der Waals surface area contributed by atoms with E-state index >= 15 is 0 Å². The number of ether oxygens (including phenoxy) is 3. The monoisotopic (exact) mass is 508 g/mol. The summed E-state index contributed by atoms with van der Waals surface area (Å²) in [6.07, 6.45) is -10.2. The van der Waals surface area contributed by atoms with Crippen LogP contribution in [0.25, 0.3) is 22.3 Å². The molecule has 14 heteroatoms. The smallest absolute Gasteiger partial charge is 0.335 e. The lowest BCUT2D eigenvalue weighted by atomic mass is 9.99. The fourth-order valence-corrected chi connectivity index (χ4v) is 3.68. The quantitative estimate of drug-likeness (QED) is 0.204. The molecule has 5 unspecified atom stereocenters. The minimum absolute atomic E-state index is 0.0337. The number of phenolic OH excluding ortho intramolecular Hbond substituents is 4. The zero-order valence-corrected chi connectivity index (χ0v) is 18.2. The maximum Gasteiger partial charge on any atom is 0.335 e. The van der Waals surface area contributed by atoms with Crippen molar-refractivity contribution in [2.45, 2.75) is 30.7 Å². The number of benzene rings is 2. The van der Waals surface area contributed by atoms with E-state index in [4.69, 9.17) is 18.6 Å². The molecule has 0 saturated carbocycles. The summed E-state index contributed by atoms with van der Waals surface area (Å²) in [5.41, 5.74) is -1.54. The molecule has 3 aromatic rings. The number of phenols is 4. The van der Waals surface area contributed by atoms with E-state index in [2.05, 4.69) is 0 Å². The van der Waals surface area contributed by atoms with Crippen molar-refractivity contribution in [3.05, 3.63) is 34.5 Å². The largest absolute Gasteiger partial charge is 0.504 e. The molecule has 192 valence electrons. The highest BCUT2D eigenvalue weighted by atomic mass is 16.7. The maximum atomic E-state index is 13.4. The number of carboxylic acid groups (broad SMARTS) is 1. The molecule has 14 nitrogen and oxygen atoms in total. The van der Waals surface area contributed by atoms with Crippen LogP contribution in [-0.4, -0.2) is 84.6 Å². The van der Waals surface area contributed by atoms with Gasteiger partial charge in [0.2, 0.25) is 23.2 Å². The lowest BCUT2D eigenvalue weighted by molar-refractivity contribution is -0.271. The highest BCUT2D eigenvalue weighted by Gasteiger charge is 2.48. The van der Waals surface area contributed by atoms with Crippen molar-refractivity contribution in [1.82, 2.24) is 0 Å². The number of aromatic hydroxyl groups is 4. The summed E-state index contributed by atoms with van der Waals surface area (Å²) in [6.45, 7) is 0. The third kappa shape index (κ3) is 3.97. The van der Waals surface area contributed by atoms with Crippen molar-refractivity contribution in [3.8, 4) is 45.8 Å². The van der Waals surface area contributed by atoms with Crippen molar-refractivity contribution in [1.29, 1.82) is 0 Å². The summed E-state index contributed by atoms with van der Waals surface area (Å²) in [5, 5.41) is 78.8. The number of aliphatic carboxylic acids is 1. The van der Waals surface area contributed by atoms with Gasteiger partial charge in [0.05, 0.1) is 7.11 Å². The average Bonchev–Trinajstić information content (AvgIpc) is 2.84. The Hall–Kier alpha value is -4.24. The van der Waals surface area contributed by atoms with Gasteiger partial charge in [-0.25, -0.2) is 4.79 Å². The molecular formula is C22H20O14. The zero-order valence-electron chi connectivity index (χ0n) is 18.2. The third-order valence-corrected chi connectivity index (χ3v) is 5.56. The summed E-state index contributed by atoms with van der Waals surface area (Å²) in [6, 6.07) is 4.51. The lowest BCUT2D eigenvalue weighted by Crippen LogP contribution is -2.61. The van der Waals surface area contributed by atoms with Crippen LogP contribution < -0.4 is 14.9 Å². The second-order valence-electron chi connectivity index (χ2n) is 7.80. The number of rotatable bonds is 5. The van der Waals surface area contributed by atoms with Gasteiger partial charge < -0.3 is 59.5 Å². The van der Waals surface area contributed by atoms with Crippen LogP contribution >= 0.6 is 0 Å². The van der Waals surface area contributed by atoms with E-state index in [1.807, 2.05) is 0 Å². The molecule has 0 bridgehead atoms. The highest BCUT2D eigenvalue weighted by Crippen LogP contribution is 2.43. The zero-order chi connectivity index (χ0) is 26.5. The topological polar surface area (TPSA) is 237 Å². The molecule has 36 heavy (non-hydrogen) atoms. The van der Waals surface area contributed by atoms with Gasteiger partial charge in [-0.15, -0.1) is 0 Å². The van der Waals surface area contributed by atoms with Gasteiger partial charge in [0, 0.05) is 11.6 Å². The Morgan fingerprint density at radius 1 is 0.944 bits per heavy atom. The number of carbonyl (C=O) groups is 1. The summed E-state index contributed by atoms with van der Waals surface area (Å²) in [7, 11) is 1.25.